The zero-order chi connectivity index (χ0) is 59.8. The Hall–Kier alpha value is -2.56. The van der Waals surface area contributed by atoms with Crippen LogP contribution in [-0.2, 0) is 42.2 Å². The summed E-state index contributed by atoms with van der Waals surface area (Å²) in [7, 11) is -4.76. The van der Waals surface area contributed by atoms with Gasteiger partial charge in [0.05, 0.1) is 19.8 Å². The first-order valence-electron chi connectivity index (χ1n) is 34.5. The van der Waals surface area contributed by atoms with E-state index in [4.69, 9.17) is 23.3 Å². The van der Waals surface area contributed by atoms with E-state index in [0.717, 1.165) is 83.5 Å². The Labute approximate surface area is 504 Å². The van der Waals surface area contributed by atoms with Crippen molar-refractivity contribution in [3.8, 4) is 0 Å². The van der Waals surface area contributed by atoms with Crippen LogP contribution in [0.4, 0.5) is 0 Å². The standard InChI is InChI=1S/C70H129O11P/c1-4-7-10-13-16-19-22-25-28-31-33-36-38-41-44-47-50-53-56-59-68(72)77-63-67(81-70(74)61-58-55-52-49-46-43-40-37-34-32-29-26-23-20-17-14-11-8-5-2)65-79-82(75,76)78-64-66(62-71)80-69(73)60-57-54-51-48-45-42-39-35-30-27-24-21-18-15-12-9-6-3/h16-17,19-20,25-26,28-29,66-67,71H,4-15,18,21-24,27,30-65H2,1-3H3,(H,75,76)/b19-16-,20-17-,28-25-,29-26-. The molecule has 0 aromatic heterocycles. The highest BCUT2D eigenvalue weighted by Crippen LogP contribution is 2.43. The van der Waals surface area contributed by atoms with Gasteiger partial charge in [0.2, 0.25) is 0 Å². The zero-order valence-corrected chi connectivity index (χ0v) is 54.4. The third-order valence-electron chi connectivity index (χ3n) is 15.2. The summed E-state index contributed by atoms with van der Waals surface area (Å²) in [5.74, 6) is -1.45. The van der Waals surface area contributed by atoms with Gasteiger partial charge in [-0.3, -0.25) is 23.4 Å². The van der Waals surface area contributed by atoms with Gasteiger partial charge in [0.15, 0.2) is 6.10 Å². The SMILES string of the molecule is CCCCC/C=C\C/C=C\CCCCCCCCCCCC(=O)OCC(COP(=O)(O)OCC(CO)OC(=O)CCCCCCCCCCCCCCCCCCC)OC(=O)CCCCCCCCCCC/C=C\C/C=C\CCCCC. The molecule has 0 spiro atoms. The van der Waals surface area contributed by atoms with Crippen LogP contribution in [0.5, 0.6) is 0 Å². The van der Waals surface area contributed by atoms with Gasteiger partial charge in [0, 0.05) is 19.3 Å². The van der Waals surface area contributed by atoms with Gasteiger partial charge in [-0.2, -0.15) is 0 Å². The molecule has 11 nitrogen and oxygen atoms in total. The lowest BCUT2D eigenvalue weighted by Gasteiger charge is -2.21. The molecule has 0 radical (unpaired) electrons. The van der Waals surface area contributed by atoms with E-state index in [1.807, 2.05) is 0 Å². The molecule has 0 amide bonds. The fourth-order valence-corrected chi connectivity index (χ4v) is 10.7. The summed E-state index contributed by atoms with van der Waals surface area (Å²) < 4.78 is 39.8. The van der Waals surface area contributed by atoms with Crippen molar-refractivity contribution < 1.29 is 52.2 Å². The van der Waals surface area contributed by atoms with E-state index >= 15 is 0 Å². The summed E-state index contributed by atoms with van der Waals surface area (Å²) in [5, 5.41) is 9.88. The van der Waals surface area contributed by atoms with Gasteiger partial charge in [-0.25, -0.2) is 4.57 Å². The highest BCUT2D eigenvalue weighted by atomic mass is 31.2. The van der Waals surface area contributed by atoms with Crippen molar-refractivity contribution in [3.05, 3.63) is 48.6 Å². The van der Waals surface area contributed by atoms with Crippen molar-refractivity contribution in [1.29, 1.82) is 0 Å². The van der Waals surface area contributed by atoms with Crippen LogP contribution in [0.3, 0.4) is 0 Å². The predicted molar refractivity (Wildman–Crippen MR) is 344 cm³/mol. The van der Waals surface area contributed by atoms with Crippen molar-refractivity contribution in [2.24, 2.45) is 0 Å². The van der Waals surface area contributed by atoms with Gasteiger partial charge in [-0.05, 0) is 83.5 Å². The van der Waals surface area contributed by atoms with Gasteiger partial charge in [0.25, 0.3) is 0 Å². The van der Waals surface area contributed by atoms with E-state index in [9.17, 15) is 28.9 Å². The summed E-state index contributed by atoms with van der Waals surface area (Å²) in [6.45, 7) is 4.67. The number of allylic oxidation sites excluding steroid dienone is 8. The molecule has 0 fully saturated rings. The first-order valence-corrected chi connectivity index (χ1v) is 36.0. The minimum Gasteiger partial charge on any atom is -0.462 e. The average molecular weight is 1180 g/mol. The van der Waals surface area contributed by atoms with Crippen LogP contribution in [0.1, 0.15) is 342 Å². The number of hydrogen-bond acceptors (Lipinski definition) is 10. The van der Waals surface area contributed by atoms with E-state index in [1.165, 1.54) is 199 Å². The summed E-state index contributed by atoms with van der Waals surface area (Å²) in [4.78, 5) is 48.9. The highest BCUT2D eigenvalue weighted by molar-refractivity contribution is 7.47. The Kier molecular flexibility index (Phi) is 62.4. The van der Waals surface area contributed by atoms with Crippen LogP contribution in [0.2, 0.25) is 0 Å². The average Bonchev–Trinajstić information content (AvgIpc) is 3.47. The van der Waals surface area contributed by atoms with E-state index in [-0.39, 0.29) is 25.9 Å². The number of aliphatic hydroxyl groups excluding tert-OH is 1. The number of carbonyl (C=O) groups excluding carboxylic acids is 3. The molecule has 0 saturated carbocycles. The van der Waals surface area contributed by atoms with Gasteiger partial charge in [0.1, 0.15) is 12.7 Å². The number of rotatable bonds is 65. The molecule has 0 aliphatic rings. The first-order chi connectivity index (χ1) is 40.2. The molecule has 0 aromatic rings. The molecular weight excluding hydrogens is 1050 g/mol. The second kappa shape index (κ2) is 64.4. The number of phosphoric acid groups is 1. The Morgan fingerprint density at radius 2 is 0.598 bits per heavy atom. The molecule has 0 aliphatic heterocycles. The van der Waals surface area contributed by atoms with Crippen LogP contribution in [0.15, 0.2) is 48.6 Å². The van der Waals surface area contributed by atoms with Gasteiger partial charge < -0.3 is 24.2 Å². The number of carbonyl (C=O) groups is 3. The van der Waals surface area contributed by atoms with Gasteiger partial charge in [-0.1, -0.05) is 288 Å². The fraction of sp³-hybridized carbons (Fsp3) is 0.843. The topological polar surface area (TPSA) is 155 Å². The normalized spacial score (nSPS) is 13.5. The number of aliphatic hydroxyl groups is 1. The van der Waals surface area contributed by atoms with Crippen molar-refractivity contribution in [1.82, 2.24) is 0 Å². The summed E-state index contributed by atoms with van der Waals surface area (Å²) in [6, 6.07) is 0. The largest absolute Gasteiger partial charge is 0.472 e. The smallest absolute Gasteiger partial charge is 0.462 e. The predicted octanol–water partition coefficient (Wildman–Crippen LogP) is 21.3. The highest BCUT2D eigenvalue weighted by Gasteiger charge is 2.28. The Morgan fingerprint density at radius 3 is 0.927 bits per heavy atom. The molecule has 0 bridgehead atoms. The molecule has 3 unspecified atom stereocenters. The van der Waals surface area contributed by atoms with Crippen molar-refractivity contribution in [2.45, 2.75) is 354 Å². The van der Waals surface area contributed by atoms with Gasteiger partial charge >= 0.3 is 25.7 Å². The number of hydrogen-bond donors (Lipinski definition) is 2. The van der Waals surface area contributed by atoms with Crippen LogP contribution in [-0.4, -0.2) is 66.5 Å². The molecule has 0 rings (SSSR count). The minimum atomic E-state index is -4.76. The van der Waals surface area contributed by atoms with E-state index < -0.39 is 57.8 Å². The van der Waals surface area contributed by atoms with Crippen LogP contribution >= 0.6 is 7.82 Å². The number of esters is 3. The number of ether oxygens (including phenoxy) is 3. The maximum atomic E-state index is 13.0. The van der Waals surface area contributed by atoms with E-state index in [1.54, 1.807) is 0 Å². The molecule has 0 saturated heterocycles. The maximum absolute atomic E-state index is 13.0. The van der Waals surface area contributed by atoms with Crippen LogP contribution < -0.4 is 0 Å². The van der Waals surface area contributed by atoms with Crippen LogP contribution in [0, 0.1) is 0 Å². The molecule has 480 valence electrons. The van der Waals surface area contributed by atoms with Crippen LogP contribution in [0.25, 0.3) is 0 Å². The lowest BCUT2D eigenvalue weighted by molar-refractivity contribution is -0.161. The third kappa shape index (κ3) is 62.0. The maximum Gasteiger partial charge on any atom is 0.472 e. The summed E-state index contributed by atoms with van der Waals surface area (Å²) in [6.07, 6.45) is 71.9. The Morgan fingerprint density at radius 1 is 0.341 bits per heavy atom. The van der Waals surface area contributed by atoms with E-state index in [0.29, 0.717) is 19.3 Å². The van der Waals surface area contributed by atoms with Gasteiger partial charge in [-0.15, -0.1) is 0 Å². The molecule has 3 atom stereocenters. The lowest BCUT2D eigenvalue weighted by Crippen LogP contribution is -2.30. The molecule has 82 heavy (non-hydrogen) atoms. The molecule has 0 aliphatic carbocycles. The van der Waals surface area contributed by atoms with E-state index in [2.05, 4.69) is 69.4 Å². The summed E-state index contributed by atoms with van der Waals surface area (Å²) in [5.41, 5.74) is 0. The lowest BCUT2D eigenvalue weighted by atomic mass is 10.0. The quantitative estimate of drug-likeness (QED) is 0.0197. The fourth-order valence-electron chi connectivity index (χ4n) is 9.95. The number of unbranched alkanes of at least 4 members (excludes halogenated alkanes) is 40. The molecular formula is C70H129O11P. The second-order valence-corrected chi connectivity index (χ2v) is 24.8. The van der Waals surface area contributed by atoms with Crippen molar-refractivity contribution in [3.63, 3.8) is 0 Å². The first kappa shape index (κ1) is 79.4. The third-order valence-corrected chi connectivity index (χ3v) is 16.2. The molecule has 0 heterocycles. The Bertz CT molecular complexity index is 1560. The second-order valence-electron chi connectivity index (χ2n) is 23.3. The minimum absolute atomic E-state index is 0.164. The van der Waals surface area contributed by atoms with Crippen molar-refractivity contribution in [2.75, 3.05) is 26.4 Å². The molecule has 12 heteroatoms. The monoisotopic (exact) mass is 1180 g/mol. The van der Waals surface area contributed by atoms with Crippen molar-refractivity contribution >= 4 is 25.7 Å². The molecule has 2 N–H and O–H groups in total. The zero-order valence-electron chi connectivity index (χ0n) is 53.5. The summed E-state index contributed by atoms with van der Waals surface area (Å²) >= 11 is 0. The number of phosphoric ester groups is 1. The Balaban J connectivity index is 4.66. The molecule has 0 aromatic carbocycles.